The normalized spacial score (nSPS) is 18.4. The molecule has 1 aliphatic heterocycles. The van der Waals surface area contributed by atoms with Crippen molar-refractivity contribution in [1.29, 1.82) is 0 Å². The first-order valence-corrected chi connectivity index (χ1v) is 4.59. The fourth-order valence-electron chi connectivity index (χ4n) is 1.48. The van der Waals surface area contributed by atoms with Crippen molar-refractivity contribution in [2.24, 2.45) is 0 Å². The Kier molecular flexibility index (Phi) is 3.65. The highest BCUT2D eigenvalue weighted by molar-refractivity contribution is 5.78. The molecule has 6 heteroatoms. The molecule has 0 aromatic carbocycles. The average molecular weight is 217 g/mol. The van der Waals surface area contributed by atoms with Crippen LogP contribution >= 0.6 is 0 Å². The molecule has 1 N–H and O–H groups in total. The van der Waals surface area contributed by atoms with E-state index in [1.54, 1.807) is 11.8 Å². The lowest BCUT2D eigenvalue weighted by Crippen LogP contribution is -2.64. The second-order valence-electron chi connectivity index (χ2n) is 3.82. The Hall–Kier alpha value is -1.14. The molecule has 0 radical (unpaired) electrons. The van der Waals surface area contributed by atoms with E-state index in [4.69, 9.17) is 14.6 Å². The molecular formula is C9H15NO5. The zero-order chi connectivity index (χ0) is 11.5. The minimum absolute atomic E-state index is 0.0506. The smallest absolute Gasteiger partial charge is 0.329 e. The summed E-state index contributed by atoms with van der Waals surface area (Å²) in [4.78, 5) is 23.1. The largest absolute Gasteiger partial charge is 0.480 e. The van der Waals surface area contributed by atoms with Crippen molar-refractivity contribution in [2.45, 2.75) is 12.5 Å². The van der Waals surface area contributed by atoms with Gasteiger partial charge in [0.05, 0.1) is 13.1 Å². The number of amides is 1. The van der Waals surface area contributed by atoms with Crippen LogP contribution in [0.4, 0.5) is 0 Å². The van der Waals surface area contributed by atoms with Gasteiger partial charge in [0.15, 0.2) is 0 Å². The Bertz CT molecular complexity index is 259. The Morgan fingerprint density at radius 2 is 2.00 bits per heavy atom. The highest BCUT2D eigenvalue weighted by Gasteiger charge is 2.42. The molecule has 1 amide bonds. The lowest BCUT2D eigenvalue weighted by Gasteiger charge is -2.47. The molecule has 6 nitrogen and oxygen atoms in total. The Morgan fingerprint density at radius 3 is 2.47 bits per heavy atom. The number of nitrogens with zero attached hydrogens (tertiary/aromatic N) is 1. The van der Waals surface area contributed by atoms with Crippen LogP contribution in [0.1, 0.15) is 6.92 Å². The van der Waals surface area contributed by atoms with Gasteiger partial charge < -0.3 is 19.5 Å². The number of aliphatic carboxylic acids is 1. The summed E-state index contributed by atoms with van der Waals surface area (Å²) >= 11 is 0. The summed E-state index contributed by atoms with van der Waals surface area (Å²) in [6.45, 7) is 2.34. The van der Waals surface area contributed by atoms with Crippen LogP contribution in [0.5, 0.6) is 0 Å². The van der Waals surface area contributed by atoms with E-state index in [1.807, 2.05) is 0 Å². The van der Waals surface area contributed by atoms with E-state index in [9.17, 15) is 9.59 Å². The predicted octanol–water partition coefficient (Wildman–Crippen LogP) is -0.665. The van der Waals surface area contributed by atoms with E-state index in [1.165, 1.54) is 7.11 Å². The Morgan fingerprint density at radius 1 is 1.40 bits per heavy atom. The lowest BCUT2D eigenvalue weighted by molar-refractivity contribution is -0.175. The van der Waals surface area contributed by atoms with Gasteiger partial charge in [-0.05, 0) is 6.92 Å². The molecule has 0 aliphatic carbocycles. The van der Waals surface area contributed by atoms with Gasteiger partial charge in [-0.2, -0.15) is 0 Å². The topological polar surface area (TPSA) is 76.1 Å². The van der Waals surface area contributed by atoms with Crippen LogP contribution in [-0.4, -0.2) is 60.9 Å². The molecule has 0 saturated carbocycles. The quantitative estimate of drug-likeness (QED) is 0.661. The SMILES string of the molecule is COCC(=O)N1CC(C)(OCC(=O)O)C1. The van der Waals surface area contributed by atoms with Crippen LogP contribution in [0.2, 0.25) is 0 Å². The molecule has 0 atom stereocenters. The fourth-order valence-corrected chi connectivity index (χ4v) is 1.48. The summed E-state index contributed by atoms with van der Waals surface area (Å²) in [5, 5.41) is 8.43. The molecule has 1 saturated heterocycles. The maximum absolute atomic E-state index is 11.3. The number of methoxy groups -OCH3 is 1. The molecule has 1 heterocycles. The molecule has 15 heavy (non-hydrogen) atoms. The van der Waals surface area contributed by atoms with Gasteiger partial charge in [-0.1, -0.05) is 0 Å². The minimum Gasteiger partial charge on any atom is -0.480 e. The first-order chi connectivity index (χ1) is 6.97. The van der Waals surface area contributed by atoms with E-state index in [-0.39, 0.29) is 19.1 Å². The molecular weight excluding hydrogens is 202 g/mol. The van der Waals surface area contributed by atoms with Gasteiger partial charge in [0.25, 0.3) is 0 Å². The Balaban J connectivity index is 2.28. The zero-order valence-corrected chi connectivity index (χ0v) is 8.86. The molecule has 1 aliphatic rings. The number of hydrogen-bond acceptors (Lipinski definition) is 4. The maximum Gasteiger partial charge on any atom is 0.329 e. The van der Waals surface area contributed by atoms with Crippen LogP contribution in [0.25, 0.3) is 0 Å². The predicted molar refractivity (Wildman–Crippen MR) is 50.4 cm³/mol. The van der Waals surface area contributed by atoms with Crippen molar-refractivity contribution in [2.75, 3.05) is 33.4 Å². The van der Waals surface area contributed by atoms with Gasteiger partial charge in [0, 0.05) is 7.11 Å². The third kappa shape index (κ3) is 3.17. The molecule has 0 aromatic rings. The summed E-state index contributed by atoms with van der Waals surface area (Å²) in [6.07, 6.45) is 0. The number of carbonyl (C=O) groups is 2. The van der Waals surface area contributed by atoms with E-state index in [0.717, 1.165) is 0 Å². The summed E-state index contributed by atoms with van der Waals surface area (Å²) in [6, 6.07) is 0. The number of likely N-dealkylation sites (tertiary alicyclic amines) is 1. The van der Waals surface area contributed by atoms with E-state index < -0.39 is 11.6 Å². The van der Waals surface area contributed by atoms with Gasteiger partial charge in [-0.25, -0.2) is 4.79 Å². The number of carboxylic acids is 1. The Labute approximate surface area is 87.8 Å². The van der Waals surface area contributed by atoms with Gasteiger partial charge in [0.1, 0.15) is 18.8 Å². The highest BCUT2D eigenvalue weighted by atomic mass is 16.5. The lowest BCUT2D eigenvalue weighted by atomic mass is 9.96. The summed E-state index contributed by atoms with van der Waals surface area (Å²) in [5.41, 5.74) is -0.526. The van der Waals surface area contributed by atoms with Crippen molar-refractivity contribution >= 4 is 11.9 Å². The first-order valence-electron chi connectivity index (χ1n) is 4.59. The van der Waals surface area contributed by atoms with Crippen LogP contribution in [0.3, 0.4) is 0 Å². The average Bonchev–Trinajstić information content (AvgIpc) is 2.10. The van der Waals surface area contributed by atoms with Crippen molar-refractivity contribution in [1.82, 2.24) is 4.90 Å². The standard InChI is InChI=1S/C9H15NO5/c1-9(15-4-8(12)13)5-10(6-9)7(11)3-14-2/h3-6H2,1-2H3,(H,12,13). The van der Waals surface area contributed by atoms with Crippen LogP contribution < -0.4 is 0 Å². The molecule has 0 spiro atoms. The van der Waals surface area contributed by atoms with Crippen LogP contribution in [0, 0.1) is 0 Å². The van der Waals surface area contributed by atoms with Crippen LogP contribution in [-0.2, 0) is 19.1 Å². The van der Waals surface area contributed by atoms with Gasteiger partial charge in [-0.3, -0.25) is 4.79 Å². The van der Waals surface area contributed by atoms with Crippen molar-refractivity contribution in [3.05, 3.63) is 0 Å². The van der Waals surface area contributed by atoms with Crippen molar-refractivity contribution in [3.8, 4) is 0 Å². The molecule has 0 unspecified atom stereocenters. The van der Waals surface area contributed by atoms with Crippen molar-refractivity contribution in [3.63, 3.8) is 0 Å². The van der Waals surface area contributed by atoms with E-state index in [2.05, 4.69) is 0 Å². The number of ether oxygens (including phenoxy) is 2. The maximum atomic E-state index is 11.3. The summed E-state index contributed by atoms with van der Waals surface area (Å²) < 4.78 is 9.85. The highest BCUT2D eigenvalue weighted by Crippen LogP contribution is 2.24. The van der Waals surface area contributed by atoms with E-state index in [0.29, 0.717) is 13.1 Å². The van der Waals surface area contributed by atoms with E-state index >= 15 is 0 Å². The first kappa shape index (κ1) is 11.9. The minimum atomic E-state index is -1.00. The summed E-state index contributed by atoms with van der Waals surface area (Å²) in [5.74, 6) is -1.10. The van der Waals surface area contributed by atoms with Gasteiger partial charge >= 0.3 is 5.97 Å². The number of hydrogen-bond donors (Lipinski definition) is 1. The third-order valence-corrected chi connectivity index (χ3v) is 2.22. The number of carboxylic acid groups (broad SMARTS) is 1. The second-order valence-corrected chi connectivity index (χ2v) is 3.82. The fraction of sp³-hybridized carbons (Fsp3) is 0.778. The molecule has 0 bridgehead atoms. The summed E-state index contributed by atoms with van der Waals surface area (Å²) in [7, 11) is 1.46. The number of carbonyl (C=O) groups excluding carboxylic acids is 1. The number of rotatable bonds is 5. The molecule has 86 valence electrons. The van der Waals surface area contributed by atoms with Gasteiger partial charge in [0.2, 0.25) is 5.91 Å². The third-order valence-electron chi connectivity index (χ3n) is 2.22. The zero-order valence-electron chi connectivity index (χ0n) is 8.86. The molecule has 1 rings (SSSR count). The van der Waals surface area contributed by atoms with Crippen LogP contribution in [0.15, 0.2) is 0 Å². The van der Waals surface area contributed by atoms with Gasteiger partial charge in [-0.15, -0.1) is 0 Å². The molecule has 0 aromatic heterocycles. The molecule has 1 fully saturated rings. The van der Waals surface area contributed by atoms with Crippen molar-refractivity contribution < 1.29 is 24.2 Å². The second kappa shape index (κ2) is 4.59. The monoisotopic (exact) mass is 217 g/mol.